The van der Waals surface area contributed by atoms with E-state index >= 15 is 0 Å². The topological polar surface area (TPSA) is 92.6 Å². The minimum Gasteiger partial charge on any atom is -0.346 e. The summed E-state index contributed by atoms with van der Waals surface area (Å²) in [6.07, 6.45) is 3.51. The van der Waals surface area contributed by atoms with Gasteiger partial charge in [0.1, 0.15) is 5.65 Å². The number of nitrogens with zero attached hydrogens (tertiary/aromatic N) is 2. The van der Waals surface area contributed by atoms with E-state index in [1.54, 1.807) is 53.2 Å². The van der Waals surface area contributed by atoms with E-state index in [2.05, 4.69) is 15.0 Å². The van der Waals surface area contributed by atoms with Crippen LogP contribution in [0.5, 0.6) is 0 Å². The predicted octanol–water partition coefficient (Wildman–Crippen LogP) is 4.37. The number of rotatable bonds is 6. The second-order valence-corrected chi connectivity index (χ2v) is 9.22. The maximum atomic E-state index is 12.5. The Morgan fingerprint density at radius 3 is 2.29 bits per heavy atom. The third kappa shape index (κ3) is 4.99. The van der Waals surface area contributed by atoms with Crippen LogP contribution in [0.2, 0.25) is 10.0 Å². The maximum absolute atomic E-state index is 12.5. The van der Waals surface area contributed by atoms with Gasteiger partial charge in [-0.15, -0.1) is 0 Å². The molecule has 0 spiro atoms. The van der Waals surface area contributed by atoms with Crippen molar-refractivity contribution in [2.75, 3.05) is 4.72 Å². The predicted molar refractivity (Wildman–Crippen MR) is 120 cm³/mol. The van der Waals surface area contributed by atoms with Gasteiger partial charge in [-0.05, 0) is 60.7 Å². The van der Waals surface area contributed by atoms with Crippen molar-refractivity contribution in [3.8, 4) is 0 Å². The average Bonchev–Trinajstić information content (AvgIpc) is 3.15. The highest BCUT2D eigenvalue weighted by Gasteiger charge is 2.15. The Kier molecular flexibility index (Phi) is 5.86. The standard InChI is InChI=1S/C21H16Cl2N4O3S/c22-15-3-6-17(7-4-15)26-31(29,30)19-8-1-14(2-9-19)21(28)24-11-18-13-27-12-16(23)5-10-20(27)25-18/h1-10,12-13,26H,11H2,(H,24,28). The molecule has 0 aliphatic rings. The van der Waals surface area contributed by atoms with Crippen molar-refractivity contribution in [3.63, 3.8) is 0 Å². The fraction of sp³-hybridized carbons (Fsp3) is 0.0476. The normalized spacial score (nSPS) is 11.4. The minimum absolute atomic E-state index is 0.0382. The zero-order valence-corrected chi connectivity index (χ0v) is 18.2. The van der Waals surface area contributed by atoms with Gasteiger partial charge >= 0.3 is 0 Å². The lowest BCUT2D eigenvalue weighted by molar-refractivity contribution is 0.0950. The first-order chi connectivity index (χ1) is 14.8. The van der Waals surface area contributed by atoms with Crippen molar-refractivity contribution in [3.05, 3.63) is 94.4 Å². The highest BCUT2D eigenvalue weighted by Crippen LogP contribution is 2.19. The van der Waals surface area contributed by atoms with Crippen LogP contribution < -0.4 is 10.0 Å². The summed E-state index contributed by atoms with van der Waals surface area (Å²) in [6.45, 7) is 0.219. The number of nitrogens with one attached hydrogen (secondary N) is 2. The number of sulfonamides is 1. The van der Waals surface area contributed by atoms with E-state index in [9.17, 15) is 13.2 Å². The highest BCUT2D eigenvalue weighted by atomic mass is 35.5. The Bertz CT molecular complexity index is 1350. The molecule has 0 saturated heterocycles. The fourth-order valence-electron chi connectivity index (χ4n) is 2.89. The number of amides is 1. The zero-order chi connectivity index (χ0) is 22.0. The smallest absolute Gasteiger partial charge is 0.261 e. The Morgan fingerprint density at radius 2 is 1.58 bits per heavy atom. The molecule has 0 radical (unpaired) electrons. The van der Waals surface area contributed by atoms with Gasteiger partial charge in [0.05, 0.1) is 22.2 Å². The number of pyridine rings is 1. The Balaban J connectivity index is 1.41. The van der Waals surface area contributed by atoms with E-state index < -0.39 is 10.0 Å². The highest BCUT2D eigenvalue weighted by molar-refractivity contribution is 7.92. The van der Waals surface area contributed by atoms with Gasteiger partial charge < -0.3 is 9.72 Å². The number of fused-ring (bicyclic) bond motifs is 1. The van der Waals surface area contributed by atoms with E-state index in [4.69, 9.17) is 23.2 Å². The molecular formula is C21H16Cl2N4O3S. The number of aromatic nitrogens is 2. The van der Waals surface area contributed by atoms with E-state index in [1.807, 2.05) is 0 Å². The number of benzene rings is 2. The summed E-state index contributed by atoms with van der Waals surface area (Å²) < 4.78 is 29.3. The summed E-state index contributed by atoms with van der Waals surface area (Å²) in [5, 5.41) is 3.86. The van der Waals surface area contributed by atoms with Crippen LogP contribution in [0.4, 0.5) is 5.69 Å². The van der Waals surface area contributed by atoms with Gasteiger partial charge in [0.25, 0.3) is 15.9 Å². The Labute approximate surface area is 188 Å². The van der Waals surface area contributed by atoms with Crippen molar-refractivity contribution < 1.29 is 13.2 Å². The number of hydrogen-bond donors (Lipinski definition) is 2. The molecule has 7 nitrogen and oxygen atoms in total. The lowest BCUT2D eigenvalue weighted by Crippen LogP contribution is -2.23. The van der Waals surface area contributed by atoms with E-state index in [0.29, 0.717) is 27.0 Å². The van der Waals surface area contributed by atoms with Crippen molar-refractivity contribution in [2.24, 2.45) is 0 Å². The maximum Gasteiger partial charge on any atom is 0.261 e. The average molecular weight is 475 g/mol. The molecule has 2 N–H and O–H groups in total. The second kappa shape index (κ2) is 8.58. The largest absolute Gasteiger partial charge is 0.346 e. The number of carbonyl (C=O) groups excluding carboxylic acids is 1. The van der Waals surface area contributed by atoms with Gasteiger partial charge in [-0.3, -0.25) is 9.52 Å². The van der Waals surface area contributed by atoms with E-state index in [1.165, 1.54) is 24.3 Å². The quantitative estimate of drug-likeness (QED) is 0.433. The third-order valence-corrected chi connectivity index (χ3v) is 6.29. The molecule has 0 unspecified atom stereocenters. The number of halogens is 2. The summed E-state index contributed by atoms with van der Waals surface area (Å²) in [4.78, 5) is 16.9. The van der Waals surface area contributed by atoms with Gasteiger partial charge in [0.2, 0.25) is 0 Å². The Hall–Kier alpha value is -3.07. The first kappa shape index (κ1) is 21.2. The van der Waals surface area contributed by atoms with Gasteiger partial charge in [0, 0.05) is 28.7 Å². The fourth-order valence-corrected chi connectivity index (χ4v) is 4.25. The van der Waals surface area contributed by atoms with E-state index in [-0.39, 0.29) is 17.3 Å². The van der Waals surface area contributed by atoms with Gasteiger partial charge in [-0.25, -0.2) is 13.4 Å². The van der Waals surface area contributed by atoms with Crippen LogP contribution in [0.25, 0.3) is 5.65 Å². The second-order valence-electron chi connectivity index (χ2n) is 6.66. The van der Waals surface area contributed by atoms with Crippen LogP contribution >= 0.6 is 23.2 Å². The summed E-state index contributed by atoms with van der Waals surface area (Å²) in [5.41, 5.74) is 2.11. The molecule has 1 amide bonds. The molecule has 0 aliphatic heterocycles. The molecule has 4 aromatic rings. The monoisotopic (exact) mass is 474 g/mol. The molecule has 0 atom stereocenters. The molecule has 0 saturated carbocycles. The molecule has 0 bridgehead atoms. The van der Waals surface area contributed by atoms with Crippen molar-refractivity contribution >= 4 is 50.5 Å². The molecule has 4 rings (SSSR count). The SMILES string of the molecule is O=C(NCc1cn2cc(Cl)ccc2n1)c1ccc(S(=O)(=O)Nc2ccc(Cl)cc2)cc1. The number of imidazole rings is 1. The molecule has 2 aromatic carbocycles. The first-order valence-corrected chi connectivity index (χ1v) is 11.3. The van der Waals surface area contributed by atoms with Gasteiger partial charge in [-0.2, -0.15) is 0 Å². The molecule has 0 fully saturated rings. The van der Waals surface area contributed by atoms with Crippen LogP contribution in [0.1, 0.15) is 16.1 Å². The number of anilines is 1. The van der Waals surface area contributed by atoms with Crippen molar-refractivity contribution in [2.45, 2.75) is 11.4 Å². The lowest BCUT2D eigenvalue weighted by atomic mass is 10.2. The molecule has 2 heterocycles. The van der Waals surface area contributed by atoms with Gasteiger partial charge in [0.15, 0.2) is 0 Å². The number of hydrogen-bond acceptors (Lipinski definition) is 4. The molecule has 158 valence electrons. The Morgan fingerprint density at radius 1 is 0.903 bits per heavy atom. The zero-order valence-electron chi connectivity index (χ0n) is 15.9. The lowest BCUT2D eigenvalue weighted by Gasteiger charge is -2.09. The molecule has 2 aromatic heterocycles. The van der Waals surface area contributed by atoms with Crippen LogP contribution in [0.15, 0.2) is 78.0 Å². The van der Waals surface area contributed by atoms with Crippen LogP contribution in [0, 0.1) is 0 Å². The summed E-state index contributed by atoms with van der Waals surface area (Å²) in [6, 6.07) is 15.5. The van der Waals surface area contributed by atoms with Crippen LogP contribution in [0.3, 0.4) is 0 Å². The van der Waals surface area contributed by atoms with Gasteiger partial charge in [-0.1, -0.05) is 23.2 Å². The van der Waals surface area contributed by atoms with E-state index in [0.717, 1.165) is 5.65 Å². The van der Waals surface area contributed by atoms with Crippen LogP contribution in [-0.4, -0.2) is 23.7 Å². The van der Waals surface area contributed by atoms with Crippen molar-refractivity contribution in [1.29, 1.82) is 0 Å². The first-order valence-electron chi connectivity index (χ1n) is 9.10. The summed E-state index contributed by atoms with van der Waals surface area (Å²) in [7, 11) is -3.79. The molecule has 10 heteroatoms. The third-order valence-electron chi connectivity index (χ3n) is 4.42. The van der Waals surface area contributed by atoms with Crippen LogP contribution in [-0.2, 0) is 16.6 Å². The van der Waals surface area contributed by atoms with Crippen molar-refractivity contribution in [1.82, 2.24) is 14.7 Å². The molecular weight excluding hydrogens is 459 g/mol. The number of carbonyl (C=O) groups is 1. The molecule has 31 heavy (non-hydrogen) atoms. The minimum atomic E-state index is -3.79. The summed E-state index contributed by atoms with van der Waals surface area (Å²) >= 11 is 11.8. The summed E-state index contributed by atoms with van der Waals surface area (Å²) in [5.74, 6) is -0.343. The molecule has 0 aliphatic carbocycles.